The van der Waals surface area contributed by atoms with E-state index in [0.29, 0.717) is 21.4 Å². The SMILES string of the molecule is Cc1cncc(CS(=O)c2cc(Cl)ccc2N)c1. The maximum Gasteiger partial charge on any atom is 0.0635 e. The number of benzene rings is 1. The van der Waals surface area contributed by atoms with Crippen LogP contribution in [0.5, 0.6) is 0 Å². The predicted molar refractivity (Wildman–Crippen MR) is 75.0 cm³/mol. The highest BCUT2D eigenvalue weighted by atomic mass is 35.5. The molecule has 0 saturated heterocycles. The van der Waals surface area contributed by atoms with Crippen LogP contribution in [0.4, 0.5) is 5.69 Å². The normalized spacial score (nSPS) is 12.3. The Kier molecular flexibility index (Phi) is 3.99. The van der Waals surface area contributed by atoms with Crippen LogP contribution in [0.15, 0.2) is 41.6 Å². The van der Waals surface area contributed by atoms with Gasteiger partial charge in [-0.2, -0.15) is 0 Å². The molecule has 0 amide bonds. The van der Waals surface area contributed by atoms with Gasteiger partial charge < -0.3 is 5.73 Å². The second-order valence-electron chi connectivity index (χ2n) is 4.04. The summed E-state index contributed by atoms with van der Waals surface area (Å²) in [6.07, 6.45) is 3.48. The maximum absolute atomic E-state index is 12.2. The molecule has 1 unspecified atom stereocenters. The summed E-state index contributed by atoms with van der Waals surface area (Å²) in [7, 11) is -1.21. The van der Waals surface area contributed by atoms with Crippen molar-refractivity contribution in [2.75, 3.05) is 5.73 Å². The van der Waals surface area contributed by atoms with Crippen LogP contribution in [-0.2, 0) is 16.6 Å². The summed E-state index contributed by atoms with van der Waals surface area (Å²) in [6.45, 7) is 1.95. The van der Waals surface area contributed by atoms with Gasteiger partial charge in [0.25, 0.3) is 0 Å². The molecule has 1 aromatic carbocycles. The summed E-state index contributed by atoms with van der Waals surface area (Å²) >= 11 is 5.89. The Morgan fingerprint density at radius 2 is 2.11 bits per heavy atom. The van der Waals surface area contributed by atoms with Crippen molar-refractivity contribution in [2.45, 2.75) is 17.6 Å². The number of pyridine rings is 1. The Morgan fingerprint density at radius 3 is 2.83 bits per heavy atom. The van der Waals surface area contributed by atoms with E-state index in [1.54, 1.807) is 30.6 Å². The fraction of sp³-hybridized carbons (Fsp3) is 0.154. The van der Waals surface area contributed by atoms with Crippen molar-refractivity contribution in [2.24, 2.45) is 0 Å². The third kappa shape index (κ3) is 3.09. The number of hydrogen-bond donors (Lipinski definition) is 1. The Hall–Kier alpha value is -1.39. The van der Waals surface area contributed by atoms with Crippen LogP contribution in [0.25, 0.3) is 0 Å². The fourth-order valence-corrected chi connectivity index (χ4v) is 3.07. The van der Waals surface area contributed by atoms with Gasteiger partial charge in [-0.25, -0.2) is 0 Å². The first-order chi connectivity index (χ1) is 8.56. The van der Waals surface area contributed by atoms with Gasteiger partial charge >= 0.3 is 0 Å². The zero-order chi connectivity index (χ0) is 13.1. The number of nitrogens with zero attached hydrogens (tertiary/aromatic N) is 1. The highest BCUT2D eigenvalue weighted by molar-refractivity contribution is 7.84. The van der Waals surface area contributed by atoms with Crippen molar-refractivity contribution >= 4 is 28.1 Å². The second kappa shape index (κ2) is 5.50. The molecule has 2 aromatic rings. The molecule has 3 nitrogen and oxygen atoms in total. The van der Waals surface area contributed by atoms with Crippen molar-refractivity contribution in [3.63, 3.8) is 0 Å². The molecule has 0 aliphatic carbocycles. The molecule has 0 saturated carbocycles. The van der Waals surface area contributed by atoms with E-state index in [-0.39, 0.29) is 0 Å². The van der Waals surface area contributed by atoms with Crippen LogP contribution in [0.1, 0.15) is 11.1 Å². The number of nitrogen functional groups attached to an aromatic ring is 1. The maximum atomic E-state index is 12.2. The molecule has 0 aliphatic rings. The van der Waals surface area contributed by atoms with Crippen LogP contribution < -0.4 is 5.73 Å². The minimum atomic E-state index is -1.21. The third-order valence-corrected chi connectivity index (χ3v) is 4.12. The van der Waals surface area contributed by atoms with Gasteiger partial charge in [-0.05, 0) is 36.2 Å². The molecule has 1 heterocycles. The van der Waals surface area contributed by atoms with E-state index in [0.717, 1.165) is 11.1 Å². The summed E-state index contributed by atoms with van der Waals surface area (Å²) in [5, 5.41) is 0.537. The highest BCUT2D eigenvalue weighted by Crippen LogP contribution is 2.23. The second-order valence-corrected chi connectivity index (χ2v) is 5.90. The minimum absolute atomic E-state index is 0.388. The van der Waals surface area contributed by atoms with Gasteiger partial charge in [-0.3, -0.25) is 9.19 Å². The largest absolute Gasteiger partial charge is 0.398 e. The van der Waals surface area contributed by atoms with Crippen molar-refractivity contribution < 1.29 is 4.21 Å². The van der Waals surface area contributed by atoms with Gasteiger partial charge in [0, 0.05) is 23.1 Å². The molecule has 0 aliphatic heterocycles. The van der Waals surface area contributed by atoms with Crippen molar-refractivity contribution in [3.8, 4) is 0 Å². The van der Waals surface area contributed by atoms with Crippen LogP contribution >= 0.6 is 11.6 Å². The van der Waals surface area contributed by atoms with Gasteiger partial charge in [-0.15, -0.1) is 0 Å². The van der Waals surface area contributed by atoms with E-state index in [1.165, 1.54) is 0 Å². The molecule has 1 atom stereocenters. The molecule has 18 heavy (non-hydrogen) atoms. The number of aromatic nitrogens is 1. The molecule has 2 rings (SSSR count). The van der Waals surface area contributed by atoms with Gasteiger partial charge in [0.1, 0.15) is 0 Å². The van der Waals surface area contributed by atoms with Crippen molar-refractivity contribution in [1.82, 2.24) is 4.98 Å². The lowest BCUT2D eigenvalue weighted by molar-refractivity contribution is 0.683. The van der Waals surface area contributed by atoms with E-state index in [2.05, 4.69) is 4.98 Å². The first-order valence-corrected chi connectivity index (χ1v) is 7.10. The van der Waals surface area contributed by atoms with E-state index in [1.807, 2.05) is 13.0 Å². The average molecular weight is 281 g/mol. The molecule has 0 radical (unpaired) electrons. The standard InChI is InChI=1S/C13H13ClN2OS/c1-9-4-10(7-16-6-9)8-18(17)13-5-11(14)2-3-12(13)15/h2-7H,8,15H2,1H3. The van der Waals surface area contributed by atoms with Crippen LogP contribution in [0.2, 0.25) is 5.02 Å². The molecule has 0 bridgehead atoms. The molecule has 0 spiro atoms. The Balaban J connectivity index is 2.24. The average Bonchev–Trinajstić information content (AvgIpc) is 2.32. The molecular formula is C13H13ClN2OS. The van der Waals surface area contributed by atoms with E-state index in [4.69, 9.17) is 17.3 Å². The Bertz CT molecular complexity index is 601. The van der Waals surface area contributed by atoms with Crippen molar-refractivity contribution in [3.05, 3.63) is 52.8 Å². The number of halogens is 1. The number of aryl methyl sites for hydroxylation is 1. The molecule has 0 fully saturated rings. The van der Waals surface area contributed by atoms with Gasteiger partial charge in [0.2, 0.25) is 0 Å². The zero-order valence-corrected chi connectivity index (χ0v) is 11.5. The summed E-state index contributed by atoms with van der Waals surface area (Å²) in [5.41, 5.74) is 8.27. The summed E-state index contributed by atoms with van der Waals surface area (Å²) < 4.78 is 12.2. The number of rotatable bonds is 3. The van der Waals surface area contributed by atoms with Crippen LogP contribution in [0.3, 0.4) is 0 Å². The van der Waals surface area contributed by atoms with Crippen molar-refractivity contribution in [1.29, 1.82) is 0 Å². The third-order valence-electron chi connectivity index (χ3n) is 2.45. The molecular weight excluding hydrogens is 268 g/mol. The summed E-state index contributed by atoms with van der Waals surface area (Å²) in [4.78, 5) is 4.65. The monoisotopic (exact) mass is 280 g/mol. The first-order valence-electron chi connectivity index (χ1n) is 5.40. The lowest BCUT2D eigenvalue weighted by Gasteiger charge is -2.06. The molecule has 2 N–H and O–H groups in total. The van der Waals surface area contributed by atoms with Crippen LogP contribution in [-0.4, -0.2) is 9.19 Å². The fourth-order valence-electron chi connectivity index (χ4n) is 1.63. The number of nitrogens with two attached hydrogens (primary N) is 1. The zero-order valence-electron chi connectivity index (χ0n) is 9.89. The van der Waals surface area contributed by atoms with E-state index >= 15 is 0 Å². The lowest BCUT2D eigenvalue weighted by atomic mass is 10.2. The first kappa shape index (κ1) is 13.1. The van der Waals surface area contributed by atoms with E-state index in [9.17, 15) is 4.21 Å². The number of hydrogen-bond acceptors (Lipinski definition) is 3. The highest BCUT2D eigenvalue weighted by Gasteiger charge is 2.10. The summed E-state index contributed by atoms with van der Waals surface area (Å²) in [6, 6.07) is 6.97. The molecule has 94 valence electrons. The van der Waals surface area contributed by atoms with Gasteiger partial charge in [0.05, 0.1) is 21.4 Å². The Morgan fingerprint density at radius 1 is 1.33 bits per heavy atom. The van der Waals surface area contributed by atoms with E-state index < -0.39 is 10.8 Å². The minimum Gasteiger partial charge on any atom is -0.398 e. The topological polar surface area (TPSA) is 56.0 Å². The molecule has 5 heteroatoms. The van der Waals surface area contributed by atoms with Crippen LogP contribution in [0, 0.1) is 6.92 Å². The summed E-state index contributed by atoms with van der Waals surface area (Å²) in [5.74, 6) is 0.388. The molecule has 1 aromatic heterocycles. The quantitative estimate of drug-likeness (QED) is 0.880. The smallest absolute Gasteiger partial charge is 0.0635 e. The number of anilines is 1. The predicted octanol–water partition coefficient (Wildman–Crippen LogP) is 2.93. The Labute approximate surface area is 113 Å². The van der Waals surface area contributed by atoms with Gasteiger partial charge in [0.15, 0.2) is 0 Å². The van der Waals surface area contributed by atoms with Gasteiger partial charge in [-0.1, -0.05) is 17.7 Å². The lowest BCUT2D eigenvalue weighted by Crippen LogP contribution is -2.01.